The molecular formula is C12H13N5OS. The highest BCUT2D eigenvalue weighted by molar-refractivity contribution is 7.98. The van der Waals surface area contributed by atoms with E-state index in [1.165, 1.54) is 11.8 Å². The van der Waals surface area contributed by atoms with Gasteiger partial charge in [-0.05, 0) is 12.1 Å². The SMILES string of the molecule is Cn1c(CO)nnc1SCc1nc2ccccc2[nH]1. The van der Waals surface area contributed by atoms with Crippen LogP contribution in [0.3, 0.4) is 0 Å². The predicted octanol–water partition coefficient (Wildman–Crippen LogP) is 1.48. The van der Waals surface area contributed by atoms with Crippen molar-refractivity contribution in [1.29, 1.82) is 0 Å². The van der Waals surface area contributed by atoms with Crippen molar-refractivity contribution in [2.75, 3.05) is 0 Å². The third-order valence-electron chi connectivity index (χ3n) is 2.84. The summed E-state index contributed by atoms with van der Waals surface area (Å²) in [5.74, 6) is 2.15. The summed E-state index contributed by atoms with van der Waals surface area (Å²) in [4.78, 5) is 7.77. The zero-order chi connectivity index (χ0) is 13.2. The van der Waals surface area contributed by atoms with Gasteiger partial charge in [0, 0.05) is 7.05 Å². The Bertz CT molecular complexity index is 672. The van der Waals surface area contributed by atoms with E-state index >= 15 is 0 Å². The van der Waals surface area contributed by atoms with Crippen LogP contribution in [-0.2, 0) is 19.4 Å². The van der Waals surface area contributed by atoms with Crippen LogP contribution in [0.2, 0.25) is 0 Å². The first-order valence-corrected chi connectivity index (χ1v) is 6.82. The number of hydrogen-bond donors (Lipinski definition) is 2. The van der Waals surface area contributed by atoms with Gasteiger partial charge in [0.2, 0.25) is 0 Å². The van der Waals surface area contributed by atoms with Gasteiger partial charge in [0.1, 0.15) is 12.4 Å². The van der Waals surface area contributed by atoms with Gasteiger partial charge >= 0.3 is 0 Å². The lowest BCUT2D eigenvalue weighted by Gasteiger charge is -2.00. The Labute approximate surface area is 113 Å². The molecule has 19 heavy (non-hydrogen) atoms. The fraction of sp³-hybridized carbons (Fsp3) is 0.250. The average molecular weight is 275 g/mol. The molecule has 98 valence electrons. The molecule has 0 aliphatic rings. The first kappa shape index (κ1) is 12.2. The van der Waals surface area contributed by atoms with E-state index in [1.54, 1.807) is 4.57 Å². The topological polar surface area (TPSA) is 79.6 Å². The molecule has 0 saturated carbocycles. The van der Waals surface area contributed by atoms with Gasteiger partial charge in [-0.1, -0.05) is 23.9 Å². The molecule has 0 bridgehead atoms. The van der Waals surface area contributed by atoms with E-state index in [-0.39, 0.29) is 6.61 Å². The van der Waals surface area contributed by atoms with E-state index in [4.69, 9.17) is 5.11 Å². The molecule has 3 aromatic rings. The fourth-order valence-electron chi connectivity index (χ4n) is 1.82. The summed E-state index contributed by atoms with van der Waals surface area (Å²) in [5.41, 5.74) is 2.00. The number of aliphatic hydroxyl groups is 1. The summed E-state index contributed by atoms with van der Waals surface area (Å²) in [6.07, 6.45) is 0. The van der Waals surface area contributed by atoms with Gasteiger partial charge in [0.05, 0.1) is 16.8 Å². The molecule has 0 unspecified atom stereocenters. The van der Waals surface area contributed by atoms with E-state index in [0.717, 1.165) is 22.0 Å². The van der Waals surface area contributed by atoms with Crippen LogP contribution in [0.15, 0.2) is 29.4 Å². The molecule has 0 fully saturated rings. The minimum atomic E-state index is -0.102. The van der Waals surface area contributed by atoms with Crippen LogP contribution in [-0.4, -0.2) is 29.8 Å². The van der Waals surface area contributed by atoms with Gasteiger partial charge in [-0.2, -0.15) is 0 Å². The number of imidazole rings is 1. The van der Waals surface area contributed by atoms with Crippen molar-refractivity contribution in [3.05, 3.63) is 35.9 Å². The van der Waals surface area contributed by atoms with E-state index in [2.05, 4.69) is 20.2 Å². The first-order valence-electron chi connectivity index (χ1n) is 5.83. The molecule has 0 aliphatic heterocycles. The maximum absolute atomic E-state index is 9.06. The zero-order valence-corrected chi connectivity index (χ0v) is 11.2. The number of nitrogens with zero attached hydrogens (tertiary/aromatic N) is 4. The molecule has 2 heterocycles. The van der Waals surface area contributed by atoms with Crippen molar-refractivity contribution in [2.45, 2.75) is 17.5 Å². The lowest BCUT2D eigenvalue weighted by molar-refractivity contribution is 0.266. The van der Waals surface area contributed by atoms with Gasteiger partial charge in [0.25, 0.3) is 0 Å². The Morgan fingerprint density at radius 1 is 1.32 bits per heavy atom. The Morgan fingerprint density at radius 2 is 2.16 bits per heavy atom. The summed E-state index contributed by atoms with van der Waals surface area (Å²) in [6.45, 7) is -0.102. The number of benzene rings is 1. The summed E-state index contributed by atoms with van der Waals surface area (Å²) in [6, 6.07) is 7.93. The molecule has 0 radical (unpaired) electrons. The van der Waals surface area contributed by atoms with E-state index in [1.807, 2.05) is 31.3 Å². The summed E-state index contributed by atoms with van der Waals surface area (Å²) in [5, 5.41) is 17.8. The summed E-state index contributed by atoms with van der Waals surface area (Å²) < 4.78 is 1.79. The van der Waals surface area contributed by atoms with Gasteiger partial charge in [-0.3, -0.25) is 0 Å². The van der Waals surface area contributed by atoms with Crippen molar-refractivity contribution in [1.82, 2.24) is 24.7 Å². The summed E-state index contributed by atoms with van der Waals surface area (Å²) in [7, 11) is 1.84. The maximum atomic E-state index is 9.06. The molecule has 7 heteroatoms. The van der Waals surface area contributed by atoms with E-state index < -0.39 is 0 Å². The highest BCUT2D eigenvalue weighted by atomic mass is 32.2. The quantitative estimate of drug-likeness (QED) is 0.705. The Hall–Kier alpha value is -1.86. The smallest absolute Gasteiger partial charge is 0.191 e. The molecular weight excluding hydrogens is 262 g/mol. The number of para-hydroxylation sites is 2. The maximum Gasteiger partial charge on any atom is 0.191 e. The Morgan fingerprint density at radius 3 is 2.89 bits per heavy atom. The first-order chi connectivity index (χ1) is 9.28. The lowest BCUT2D eigenvalue weighted by atomic mass is 10.3. The van der Waals surface area contributed by atoms with Crippen molar-refractivity contribution < 1.29 is 5.11 Å². The lowest BCUT2D eigenvalue weighted by Crippen LogP contribution is -1.98. The predicted molar refractivity (Wildman–Crippen MR) is 72.6 cm³/mol. The number of thioether (sulfide) groups is 1. The number of aromatic nitrogens is 5. The molecule has 1 aromatic carbocycles. The van der Waals surface area contributed by atoms with E-state index in [0.29, 0.717) is 11.6 Å². The highest BCUT2D eigenvalue weighted by Crippen LogP contribution is 2.21. The standard InChI is InChI=1S/C12H13N5OS/c1-17-11(6-18)15-16-12(17)19-7-10-13-8-4-2-3-5-9(8)14-10/h2-5,18H,6-7H2,1H3,(H,13,14). The zero-order valence-electron chi connectivity index (χ0n) is 10.4. The molecule has 2 N–H and O–H groups in total. The number of hydrogen-bond acceptors (Lipinski definition) is 5. The second-order valence-corrected chi connectivity index (χ2v) is 5.05. The normalized spacial score (nSPS) is 11.3. The van der Waals surface area contributed by atoms with Crippen LogP contribution in [0.5, 0.6) is 0 Å². The average Bonchev–Trinajstić information content (AvgIpc) is 2.99. The third kappa shape index (κ3) is 2.34. The van der Waals surface area contributed by atoms with Gasteiger partial charge in [-0.15, -0.1) is 10.2 Å². The number of rotatable bonds is 4. The molecule has 0 saturated heterocycles. The van der Waals surface area contributed by atoms with Crippen LogP contribution in [0.25, 0.3) is 11.0 Å². The number of aliphatic hydroxyl groups excluding tert-OH is 1. The second-order valence-electron chi connectivity index (χ2n) is 4.11. The van der Waals surface area contributed by atoms with Gasteiger partial charge < -0.3 is 14.7 Å². The van der Waals surface area contributed by atoms with Crippen LogP contribution >= 0.6 is 11.8 Å². The number of aromatic amines is 1. The van der Waals surface area contributed by atoms with Crippen molar-refractivity contribution in [3.8, 4) is 0 Å². The van der Waals surface area contributed by atoms with Gasteiger partial charge in [0.15, 0.2) is 11.0 Å². The largest absolute Gasteiger partial charge is 0.388 e. The number of H-pyrrole nitrogens is 1. The van der Waals surface area contributed by atoms with Crippen molar-refractivity contribution in [3.63, 3.8) is 0 Å². The molecule has 3 rings (SSSR count). The molecule has 0 amide bonds. The molecule has 6 nitrogen and oxygen atoms in total. The monoisotopic (exact) mass is 275 g/mol. The van der Waals surface area contributed by atoms with Crippen LogP contribution in [0, 0.1) is 0 Å². The Balaban J connectivity index is 1.76. The number of nitrogens with one attached hydrogen (secondary N) is 1. The fourth-order valence-corrected chi connectivity index (χ4v) is 2.62. The van der Waals surface area contributed by atoms with E-state index in [9.17, 15) is 0 Å². The van der Waals surface area contributed by atoms with Crippen molar-refractivity contribution in [2.24, 2.45) is 7.05 Å². The minimum absolute atomic E-state index is 0.102. The molecule has 2 aromatic heterocycles. The highest BCUT2D eigenvalue weighted by Gasteiger charge is 2.09. The molecule has 0 spiro atoms. The minimum Gasteiger partial charge on any atom is -0.388 e. The Kier molecular flexibility index (Phi) is 3.22. The van der Waals surface area contributed by atoms with Crippen LogP contribution in [0.4, 0.5) is 0 Å². The number of fused-ring (bicyclic) bond motifs is 1. The van der Waals surface area contributed by atoms with Crippen LogP contribution in [0.1, 0.15) is 11.6 Å². The third-order valence-corrected chi connectivity index (χ3v) is 3.87. The van der Waals surface area contributed by atoms with Crippen LogP contribution < -0.4 is 0 Å². The second kappa shape index (κ2) is 5.02. The van der Waals surface area contributed by atoms with Crippen molar-refractivity contribution >= 4 is 22.8 Å². The van der Waals surface area contributed by atoms with Gasteiger partial charge in [-0.25, -0.2) is 4.98 Å². The summed E-state index contributed by atoms with van der Waals surface area (Å²) >= 11 is 1.54. The molecule has 0 atom stereocenters. The molecule has 0 aliphatic carbocycles.